The van der Waals surface area contributed by atoms with Gasteiger partial charge in [-0.3, -0.25) is 4.98 Å². The minimum absolute atomic E-state index is 0.171. The third-order valence-electron chi connectivity index (χ3n) is 6.70. The average molecular weight is 531 g/mol. The zero-order valence-corrected chi connectivity index (χ0v) is 21.4. The van der Waals surface area contributed by atoms with E-state index in [1.807, 2.05) is 54.6 Å². The highest BCUT2D eigenvalue weighted by molar-refractivity contribution is 6.32. The van der Waals surface area contributed by atoms with Crippen LogP contribution in [-0.2, 0) is 22.6 Å². The molecule has 9 nitrogen and oxygen atoms in total. The van der Waals surface area contributed by atoms with Crippen molar-refractivity contribution in [1.29, 1.82) is 0 Å². The fourth-order valence-corrected chi connectivity index (χ4v) is 4.79. The van der Waals surface area contributed by atoms with Gasteiger partial charge in [0.25, 0.3) is 6.02 Å². The highest BCUT2D eigenvalue weighted by Gasteiger charge is 2.38. The van der Waals surface area contributed by atoms with Crippen molar-refractivity contribution in [2.75, 3.05) is 30.5 Å². The van der Waals surface area contributed by atoms with E-state index in [1.165, 1.54) is 0 Å². The Morgan fingerprint density at radius 2 is 1.87 bits per heavy atom. The average Bonchev–Trinajstić information content (AvgIpc) is 3.33. The van der Waals surface area contributed by atoms with Gasteiger partial charge in [-0.25, -0.2) is 15.0 Å². The summed E-state index contributed by atoms with van der Waals surface area (Å²) < 4.78 is 17.2. The number of benzene rings is 2. The maximum atomic E-state index is 6.48. The molecule has 4 heterocycles. The molecular formula is C28H27ClN6O3. The molecule has 2 aromatic heterocycles. The summed E-state index contributed by atoms with van der Waals surface area (Å²) in [4.78, 5) is 18.0. The number of halogens is 1. The zero-order valence-electron chi connectivity index (χ0n) is 20.7. The van der Waals surface area contributed by atoms with Gasteiger partial charge >= 0.3 is 0 Å². The first kappa shape index (κ1) is 24.4. The first-order valence-electron chi connectivity index (χ1n) is 12.5. The molecule has 1 saturated heterocycles. The smallest absolute Gasteiger partial charge is 0.289 e. The highest BCUT2D eigenvalue weighted by atomic mass is 35.5. The van der Waals surface area contributed by atoms with E-state index >= 15 is 0 Å². The summed E-state index contributed by atoms with van der Waals surface area (Å²) in [6.07, 6.45) is 5.07. The molecule has 10 heteroatoms. The van der Waals surface area contributed by atoms with E-state index in [2.05, 4.69) is 25.6 Å². The molecule has 4 aromatic rings. The molecule has 1 spiro atoms. The SMILES string of the molecule is Clc1cc(NCc2ncnc3ccc(NC4=NC5(CCOCC5)CO4)cc23)ccc1OCc1ccccn1. The summed E-state index contributed by atoms with van der Waals surface area (Å²) in [5.41, 5.74) is 4.11. The number of pyridine rings is 1. The first-order valence-corrected chi connectivity index (χ1v) is 12.9. The van der Waals surface area contributed by atoms with Crippen molar-refractivity contribution >= 4 is 39.9 Å². The van der Waals surface area contributed by atoms with Crippen LogP contribution in [0.15, 0.2) is 72.1 Å². The molecule has 2 aliphatic heterocycles. The van der Waals surface area contributed by atoms with Crippen LogP contribution in [0.25, 0.3) is 10.9 Å². The summed E-state index contributed by atoms with van der Waals surface area (Å²) in [6.45, 7) is 2.86. The number of aliphatic imine (C=N–C) groups is 1. The van der Waals surface area contributed by atoms with E-state index in [9.17, 15) is 0 Å². The summed E-state index contributed by atoms with van der Waals surface area (Å²) in [5, 5.41) is 8.18. The summed E-state index contributed by atoms with van der Waals surface area (Å²) >= 11 is 6.48. The summed E-state index contributed by atoms with van der Waals surface area (Å²) in [7, 11) is 0. The number of ether oxygens (including phenoxy) is 3. The first-order chi connectivity index (χ1) is 18.7. The second-order valence-electron chi connectivity index (χ2n) is 9.33. The molecule has 0 saturated carbocycles. The number of hydrogen-bond donors (Lipinski definition) is 2. The molecular weight excluding hydrogens is 504 g/mol. The van der Waals surface area contributed by atoms with Gasteiger partial charge < -0.3 is 24.8 Å². The normalized spacial score (nSPS) is 16.2. The second kappa shape index (κ2) is 10.8. The van der Waals surface area contributed by atoms with Crippen molar-refractivity contribution in [2.24, 2.45) is 4.99 Å². The molecule has 0 unspecified atom stereocenters. The summed E-state index contributed by atoms with van der Waals surface area (Å²) in [5.74, 6) is 0.602. The Morgan fingerprint density at radius 3 is 2.71 bits per heavy atom. The van der Waals surface area contributed by atoms with Gasteiger partial charge in [0.15, 0.2) is 0 Å². The topological polar surface area (TPSA) is 103 Å². The molecule has 194 valence electrons. The van der Waals surface area contributed by atoms with E-state index in [0.29, 0.717) is 36.6 Å². The van der Waals surface area contributed by atoms with Gasteiger partial charge in [-0.05, 0) is 61.4 Å². The van der Waals surface area contributed by atoms with Crippen molar-refractivity contribution in [1.82, 2.24) is 15.0 Å². The van der Waals surface area contributed by atoms with E-state index in [1.54, 1.807) is 12.5 Å². The predicted octanol–water partition coefficient (Wildman–Crippen LogP) is 5.22. The molecule has 0 bridgehead atoms. The number of hydrogen-bond acceptors (Lipinski definition) is 9. The molecule has 2 aliphatic rings. The number of nitrogens with one attached hydrogen (secondary N) is 2. The van der Waals surface area contributed by atoms with Crippen molar-refractivity contribution in [2.45, 2.75) is 31.5 Å². The minimum Gasteiger partial charge on any atom is -0.486 e. The number of anilines is 2. The Morgan fingerprint density at radius 1 is 0.974 bits per heavy atom. The predicted molar refractivity (Wildman–Crippen MR) is 147 cm³/mol. The maximum absolute atomic E-state index is 6.48. The maximum Gasteiger partial charge on any atom is 0.289 e. The fourth-order valence-electron chi connectivity index (χ4n) is 4.56. The quantitative estimate of drug-likeness (QED) is 0.335. The number of rotatable bonds is 7. The van der Waals surface area contributed by atoms with Crippen LogP contribution in [0.3, 0.4) is 0 Å². The summed E-state index contributed by atoms with van der Waals surface area (Å²) in [6, 6.07) is 17.8. The lowest BCUT2D eigenvalue weighted by Gasteiger charge is -2.27. The molecule has 6 rings (SSSR count). The Bertz CT molecular complexity index is 1460. The van der Waals surface area contributed by atoms with E-state index < -0.39 is 0 Å². The van der Waals surface area contributed by atoms with Gasteiger partial charge in [-0.15, -0.1) is 0 Å². The Labute approximate surface area is 225 Å². The van der Waals surface area contributed by atoms with Gasteiger partial charge in [0.05, 0.1) is 28.5 Å². The molecule has 0 amide bonds. The molecule has 0 aliphatic carbocycles. The molecule has 38 heavy (non-hydrogen) atoms. The number of nitrogens with zero attached hydrogens (tertiary/aromatic N) is 4. The largest absolute Gasteiger partial charge is 0.486 e. The van der Waals surface area contributed by atoms with Gasteiger partial charge in [0.2, 0.25) is 0 Å². The van der Waals surface area contributed by atoms with E-state index in [0.717, 1.165) is 59.7 Å². The lowest BCUT2D eigenvalue weighted by Crippen LogP contribution is -2.35. The van der Waals surface area contributed by atoms with Crippen LogP contribution in [-0.4, -0.2) is 46.3 Å². The van der Waals surface area contributed by atoms with Crippen LogP contribution in [0, 0.1) is 0 Å². The van der Waals surface area contributed by atoms with Gasteiger partial charge in [-0.1, -0.05) is 17.7 Å². The van der Waals surface area contributed by atoms with E-state index in [4.69, 9.17) is 30.8 Å². The van der Waals surface area contributed by atoms with Crippen molar-refractivity contribution in [3.05, 3.63) is 83.5 Å². The van der Waals surface area contributed by atoms with Crippen LogP contribution in [0.1, 0.15) is 24.2 Å². The molecule has 0 atom stereocenters. The van der Waals surface area contributed by atoms with Gasteiger partial charge in [0, 0.05) is 36.2 Å². The lowest BCUT2D eigenvalue weighted by atomic mass is 9.92. The van der Waals surface area contributed by atoms with Crippen molar-refractivity contribution in [3.63, 3.8) is 0 Å². The Hall–Kier alpha value is -3.95. The van der Waals surface area contributed by atoms with E-state index in [-0.39, 0.29) is 5.54 Å². The molecule has 2 N–H and O–H groups in total. The monoisotopic (exact) mass is 530 g/mol. The third-order valence-corrected chi connectivity index (χ3v) is 7.00. The standard InChI is InChI=1S/C28H27ClN6O3/c29-23-14-19(5-7-26(23)37-16-21-3-1-2-10-30-21)31-15-25-22-13-20(4-6-24(22)32-18-33-25)34-27-35-28(17-38-27)8-11-36-12-9-28/h1-7,10,13-14,18,31H,8-9,11-12,15-17H2,(H,34,35). The minimum atomic E-state index is -0.171. The number of fused-ring (bicyclic) bond motifs is 1. The highest BCUT2D eigenvalue weighted by Crippen LogP contribution is 2.31. The van der Waals surface area contributed by atoms with Crippen molar-refractivity contribution in [3.8, 4) is 5.75 Å². The van der Waals surface area contributed by atoms with Crippen LogP contribution in [0.2, 0.25) is 5.02 Å². The molecule has 0 radical (unpaired) electrons. The Balaban J connectivity index is 1.13. The van der Waals surface area contributed by atoms with Crippen LogP contribution < -0.4 is 15.4 Å². The number of amidine groups is 1. The van der Waals surface area contributed by atoms with Crippen LogP contribution in [0.5, 0.6) is 5.75 Å². The zero-order chi connectivity index (χ0) is 25.8. The lowest BCUT2D eigenvalue weighted by molar-refractivity contribution is 0.0442. The molecule has 1 fully saturated rings. The van der Waals surface area contributed by atoms with Crippen LogP contribution >= 0.6 is 11.6 Å². The van der Waals surface area contributed by atoms with Crippen LogP contribution in [0.4, 0.5) is 11.4 Å². The molecule has 2 aromatic carbocycles. The van der Waals surface area contributed by atoms with Gasteiger partial charge in [-0.2, -0.15) is 0 Å². The Kier molecular flexibility index (Phi) is 6.94. The van der Waals surface area contributed by atoms with Gasteiger partial charge in [0.1, 0.15) is 30.8 Å². The van der Waals surface area contributed by atoms with Crippen molar-refractivity contribution < 1.29 is 14.2 Å². The second-order valence-corrected chi connectivity index (χ2v) is 9.74. The fraction of sp³-hybridized carbons (Fsp3) is 0.286. The third kappa shape index (κ3) is 5.49. The number of aromatic nitrogens is 3.